The molecule has 0 bridgehead atoms. The maximum Gasteiger partial charge on any atom is 0.303 e. The summed E-state index contributed by atoms with van der Waals surface area (Å²) in [5, 5.41) is 15.7. The number of nitrogens with one attached hydrogen (secondary N) is 1. The van der Waals surface area contributed by atoms with Gasteiger partial charge in [-0.2, -0.15) is 5.10 Å². The van der Waals surface area contributed by atoms with Crippen LogP contribution in [0, 0.1) is 0 Å². The molecule has 1 heterocycles. The Morgan fingerprint density at radius 1 is 1.04 bits per heavy atom. The van der Waals surface area contributed by atoms with Crippen LogP contribution in [0.3, 0.4) is 0 Å². The number of carbonyl (C=O) groups excluding carboxylic acids is 1. The van der Waals surface area contributed by atoms with Crippen molar-refractivity contribution in [2.75, 3.05) is 5.32 Å². The number of carbonyl (C=O) groups is 2. The molecule has 0 saturated heterocycles. The molecule has 2 N–H and O–H groups in total. The van der Waals surface area contributed by atoms with E-state index in [2.05, 4.69) is 10.4 Å². The molecule has 6 nitrogen and oxygen atoms in total. The molecule has 1 amide bonds. The molecule has 25 heavy (non-hydrogen) atoms. The molecule has 6 heteroatoms. The number of aliphatic carboxylic acids is 1. The van der Waals surface area contributed by atoms with Crippen LogP contribution in [0.1, 0.15) is 22.3 Å². The Labute approximate surface area is 144 Å². The predicted octanol–water partition coefficient (Wildman–Crippen LogP) is 3.14. The SMILES string of the molecule is O=C(O)CCc1ccc(NC(=O)c2cnn(-c3ccccc3)c2)cc1. The molecule has 0 fully saturated rings. The fraction of sp³-hybridized carbons (Fsp3) is 0.105. The number of hydrogen-bond acceptors (Lipinski definition) is 3. The number of anilines is 1. The highest BCUT2D eigenvalue weighted by Gasteiger charge is 2.10. The smallest absolute Gasteiger partial charge is 0.303 e. The summed E-state index contributed by atoms with van der Waals surface area (Å²) in [4.78, 5) is 22.9. The Kier molecular flexibility index (Phi) is 4.89. The maximum atomic E-state index is 12.3. The lowest BCUT2D eigenvalue weighted by molar-refractivity contribution is -0.136. The normalized spacial score (nSPS) is 10.4. The Morgan fingerprint density at radius 3 is 2.44 bits per heavy atom. The summed E-state index contributed by atoms with van der Waals surface area (Å²) in [6.45, 7) is 0. The number of aryl methyl sites for hydroxylation is 1. The van der Waals surface area contributed by atoms with E-state index >= 15 is 0 Å². The van der Waals surface area contributed by atoms with E-state index in [1.807, 2.05) is 42.5 Å². The first kappa shape index (κ1) is 16.4. The quantitative estimate of drug-likeness (QED) is 0.725. The highest BCUT2D eigenvalue weighted by atomic mass is 16.4. The third-order valence-corrected chi connectivity index (χ3v) is 3.70. The lowest BCUT2D eigenvalue weighted by Crippen LogP contribution is -2.11. The molecule has 3 rings (SSSR count). The molecular formula is C19H17N3O3. The van der Waals surface area contributed by atoms with Crippen LogP contribution in [-0.2, 0) is 11.2 Å². The van der Waals surface area contributed by atoms with Crippen LogP contribution < -0.4 is 5.32 Å². The lowest BCUT2D eigenvalue weighted by Gasteiger charge is -2.05. The van der Waals surface area contributed by atoms with Crippen molar-refractivity contribution in [3.8, 4) is 5.69 Å². The van der Waals surface area contributed by atoms with E-state index in [1.165, 1.54) is 6.20 Å². The van der Waals surface area contributed by atoms with Crippen molar-refractivity contribution < 1.29 is 14.7 Å². The summed E-state index contributed by atoms with van der Waals surface area (Å²) < 4.78 is 1.64. The number of carboxylic acids is 1. The molecule has 0 aliphatic heterocycles. The van der Waals surface area contributed by atoms with E-state index < -0.39 is 5.97 Å². The minimum atomic E-state index is -0.826. The number of para-hydroxylation sites is 1. The van der Waals surface area contributed by atoms with E-state index in [1.54, 1.807) is 23.0 Å². The Balaban J connectivity index is 1.64. The summed E-state index contributed by atoms with van der Waals surface area (Å²) in [7, 11) is 0. The summed E-state index contributed by atoms with van der Waals surface area (Å²) in [6.07, 6.45) is 3.74. The zero-order chi connectivity index (χ0) is 17.6. The van der Waals surface area contributed by atoms with Gasteiger partial charge < -0.3 is 10.4 Å². The minimum Gasteiger partial charge on any atom is -0.481 e. The Bertz CT molecular complexity index is 870. The fourth-order valence-corrected chi connectivity index (χ4v) is 2.37. The average molecular weight is 335 g/mol. The van der Waals surface area contributed by atoms with Crippen LogP contribution in [0.25, 0.3) is 5.69 Å². The van der Waals surface area contributed by atoms with Gasteiger partial charge in [0, 0.05) is 18.3 Å². The average Bonchev–Trinajstić information content (AvgIpc) is 3.12. The van der Waals surface area contributed by atoms with Gasteiger partial charge in [0.15, 0.2) is 0 Å². The number of aromatic nitrogens is 2. The largest absolute Gasteiger partial charge is 0.481 e. The maximum absolute atomic E-state index is 12.3. The van der Waals surface area contributed by atoms with E-state index in [0.717, 1.165) is 11.3 Å². The van der Waals surface area contributed by atoms with E-state index in [9.17, 15) is 9.59 Å². The first-order valence-corrected chi connectivity index (χ1v) is 7.84. The molecule has 0 aliphatic carbocycles. The van der Waals surface area contributed by atoms with Crippen LogP contribution in [0.4, 0.5) is 5.69 Å². The fourth-order valence-electron chi connectivity index (χ4n) is 2.37. The van der Waals surface area contributed by atoms with Crippen LogP contribution in [-0.4, -0.2) is 26.8 Å². The zero-order valence-electron chi connectivity index (χ0n) is 13.4. The van der Waals surface area contributed by atoms with Gasteiger partial charge in [-0.15, -0.1) is 0 Å². The van der Waals surface area contributed by atoms with Crippen molar-refractivity contribution in [2.24, 2.45) is 0 Å². The highest BCUT2D eigenvalue weighted by molar-refractivity contribution is 6.04. The molecule has 126 valence electrons. The standard InChI is InChI=1S/C19H17N3O3/c23-18(24)11-8-14-6-9-16(10-7-14)21-19(25)15-12-20-22(13-15)17-4-2-1-3-5-17/h1-7,9-10,12-13H,8,11H2,(H,21,25)(H,23,24). The molecule has 0 atom stereocenters. The van der Waals surface area contributed by atoms with Crippen LogP contribution in [0.5, 0.6) is 0 Å². The number of rotatable bonds is 6. The summed E-state index contributed by atoms with van der Waals surface area (Å²) in [5.74, 6) is -1.08. The first-order chi connectivity index (χ1) is 12.1. The number of hydrogen-bond donors (Lipinski definition) is 2. The summed E-state index contributed by atoms with van der Waals surface area (Å²) >= 11 is 0. The Hall–Kier alpha value is -3.41. The lowest BCUT2D eigenvalue weighted by atomic mass is 10.1. The Morgan fingerprint density at radius 2 is 1.76 bits per heavy atom. The van der Waals surface area contributed by atoms with Crippen molar-refractivity contribution in [1.82, 2.24) is 9.78 Å². The van der Waals surface area contributed by atoms with Gasteiger partial charge in [0.05, 0.1) is 17.4 Å². The molecule has 3 aromatic rings. The van der Waals surface area contributed by atoms with Crippen molar-refractivity contribution in [3.63, 3.8) is 0 Å². The van der Waals surface area contributed by atoms with Gasteiger partial charge in [-0.05, 0) is 36.2 Å². The van der Waals surface area contributed by atoms with Gasteiger partial charge >= 0.3 is 5.97 Å². The molecular weight excluding hydrogens is 318 g/mol. The zero-order valence-corrected chi connectivity index (χ0v) is 13.4. The van der Waals surface area contributed by atoms with Gasteiger partial charge in [-0.1, -0.05) is 30.3 Å². The predicted molar refractivity (Wildman–Crippen MR) is 93.9 cm³/mol. The van der Waals surface area contributed by atoms with Crippen molar-refractivity contribution in [1.29, 1.82) is 0 Å². The van der Waals surface area contributed by atoms with Crippen molar-refractivity contribution >= 4 is 17.6 Å². The second-order valence-electron chi connectivity index (χ2n) is 5.55. The number of benzene rings is 2. The third kappa shape index (κ3) is 4.32. The second-order valence-corrected chi connectivity index (χ2v) is 5.55. The molecule has 0 aliphatic rings. The number of amides is 1. The highest BCUT2D eigenvalue weighted by Crippen LogP contribution is 2.13. The van der Waals surface area contributed by atoms with Crippen LogP contribution >= 0.6 is 0 Å². The van der Waals surface area contributed by atoms with Crippen molar-refractivity contribution in [3.05, 3.63) is 78.1 Å². The molecule has 0 saturated carbocycles. The summed E-state index contributed by atoms with van der Waals surface area (Å²) in [6, 6.07) is 16.7. The molecule has 0 spiro atoms. The number of nitrogens with zero attached hydrogens (tertiary/aromatic N) is 2. The molecule has 2 aromatic carbocycles. The van der Waals surface area contributed by atoms with E-state index in [-0.39, 0.29) is 12.3 Å². The van der Waals surface area contributed by atoms with Gasteiger partial charge in [0.2, 0.25) is 0 Å². The molecule has 1 aromatic heterocycles. The molecule has 0 radical (unpaired) electrons. The summed E-state index contributed by atoms with van der Waals surface area (Å²) in [5.41, 5.74) is 2.90. The third-order valence-electron chi connectivity index (χ3n) is 3.70. The first-order valence-electron chi connectivity index (χ1n) is 7.84. The van der Waals surface area contributed by atoms with Gasteiger partial charge in [-0.25, -0.2) is 4.68 Å². The second kappa shape index (κ2) is 7.44. The van der Waals surface area contributed by atoms with Crippen LogP contribution in [0.15, 0.2) is 67.0 Å². The van der Waals surface area contributed by atoms with Crippen molar-refractivity contribution in [2.45, 2.75) is 12.8 Å². The van der Waals surface area contributed by atoms with Gasteiger partial charge in [-0.3, -0.25) is 9.59 Å². The minimum absolute atomic E-state index is 0.0877. The van der Waals surface area contributed by atoms with Gasteiger partial charge in [0.25, 0.3) is 5.91 Å². The molecule has 0 unspecified atom stereocenters. The van der Waals surface area contributed by atoms with E-state index in [0.29, 0.717) is 17.7 Å². The van der Waals surface area contributed by atoms with Crippen LogP contribution in [0.2, 0.25) is 0 Å². The van der Waals surface area contributed by atoms with E-state index in [4.69, 9.17) is 5.11 Å². The number of carboxylic acid groups (broad SMARTS) is 1. The topological polar surface area (TPSA) is 84.2 Å². The van der Waals surface area contributed by atoms with Gasteiger partial charge in [0.1, 0.15) is 0 Å². The monoisotopic (exact) mass is 335 g/mol.